The van der Waals surface area contributed by atoms with E-state index in [4.69, 9.17) is 5.11 Å². The van der Waals surface area contributed by atoms with Gasteiger partial charge in [0.05, 0.1) is 10.7 Å². The Bertz CT molecular complexity index is 518. The Labute approximate surface area is 121 Å². The zero-order valence-corrected chi connectivity index (χ0v) is 12.2. The number of aliphatic carboxylic acids is 1. The maximum Gasteiger partial charge on any atom is 0.323 e. The van der Waals surface area contributed by atoms with Gasteiger partial charge in [0.25, 0.3) is 0 Å². The molecule has 1 aromatic rings. The van der Waals surface area contributed by atoms with Crippen molar-refractivity contribution in [2.75, 3.05) is 6.54 Å². The molecule has 1 saturated carbocycles. The first-order valence-electron chi connectivity index (χ1n) is 6.69. The number of thiazole rings is 1. The Balaban J connectivity index is 2.05. The Morgan fingerprint density at radius 2 is 2.20 bits per heavy atom. The van der Waals surface area contributed by atoms with Crippen LogP contribution in [-0.2, 0) is 9.59 Å². The molecule has 0 bridgehead atoms. The van der Waals surface area contributed by atoms with Crippen molar-refractivity contribution in [2.24, 2.45) is 0 Å². The largest absolute Gasteiger partial charge is 0.480 e. The third kappa shape index (κ3) is 3.90. The number of aryl methyl sites for hydroxylation is 1. The predicted molar refractivity (Wildman–Crippen MR) is 77.5 cm³/mol. The first kappa shape index (κ1) is 14.7. The molecule has 20 heavy (non-hydrogen) atoms. The third-order valence-electron chi connectivity index (χ3n) is 3.39. The van der Waals surface area contributed by atoms with E-state index >= 15 is 0 Å². The van der Waals surface area contributed by atoms with E-state index in [-0.39, 0.29) is 18.5 Å². The van der Waals surface area contributed by atoms with Gasteiger partial charge >= 0.3 is 5.97 Å². The van der Waals surface area contributed by atoms with Crippen molar-refractivity contribution in [1.29, 1.82) is 0 Å². The predicted octanol–water partition coefficient (Wildman–Crippen LogP) is 2.32. The molecule has 0 radical (unpaired) electrons. The van der Waals surface area contributed by atoms with E-state index in [1.165, 1.54) is 22.3 Å². The molecule has 1 aromatic heterocycles. The van der Waals surface area contributed by atoms with E-state index in [1.807, 2.05) is 12.3 Å². The van der Waals surface area contributed by atoms with Gasteiger partial charge in [-0.05, 0) is 25.8 Å². The van der Waals surface area contributed by atoms with Gasteiger partial charge in [0.2, 0.25) is 5.91 Å². The van der Waals surface area contributed by atoms with Crippen molar-refractivity contribution < 1.29 is 14.7 Å². The van der Waals surface area contributed by atoms with Crippen molar-refractivity contribution in [3.63, 3.8) is 0 Å². The maximum atomic E-state index is 12.2. The molecule has 0 atom stereocenters. The molecule has 1 fully saturated rings. The summed E-state index contributed by atoms with van der Waals surface area (Å²) in [5, 5.41) is 11.8. The van der Waals surface area contributed by atoms with E-state index < -0.39 is 5.97 Å². The highest BCUT2D eigenvalue weighted by Gasteiger charge is 2.26. The summed E-state index contributed by atoms with van der Waals surface area (Å²) < 4.78 is 0. The van der Waals surface area contributed by atoms with Gasteiger partial charge in [0, 0.05) is 17.5 Å². The molecule has 1 aliphatic rings. The summed E-state index contributed by atoms with van der Waals surface area (Å²) in [5.74, 6) is -1.21. The second-order valence-electron chi connectivity index (χ2n) is 4.92. The van der Waals surface area contributed by atoms with E-state index in [9.17, 15) is 9.59 Å². The van der Waals surface area contributed by atoms with Crippen LogP contribution in [0.1, 0.15) is 36.4 Å². The minimum absolute atomic E-state index is 0.0559. The number of nitrogens with zero attached hydrogens (tertiary/aromatic N) is 2. The smallest absolute Gasteiger partial charge is 0.323 e. The van der Waals surface area contributed by atoms with E-state index in [2.05, 4.69) is 4.98 Å². The Morgan fingerprint density at radius 3 is 2.75 bits per heavy atom. The maximum absolute atomic E-state index is 12.2. The standard InChI is InChI=1S/C14H18N2O3S/c1-10-15-11(9-20-10)6-7-13(17)16(8-14(18)19)12-4-2-3-5-12/h6-7,9,12H,2-5,8H2,1H3,(H,18,19)/b7-6+. The van der Waals surface area contributed by atoms with Crippen LogP contribution in [-0.4, -0.2) is 39.5 Å². The minimum Gasteiger partial charge on any atom is -0.480 e. The van der Waals surface area contributed by atoms with Crippen LogP contribution in [0.5, 0.6) is 0 Å². The van der Waals surface area contributed by atoms with E-state index in [0.717, 1.165) is 36.4 Å². The summed E-state index contributed by atoms with van der Waals surface area (Å²) in [6.45, 7) is 1.67. The van der Waals surface area contributed by atoms with E-state index in [1.54, 1.807) is 6.08 Å². The van der Waals surface area contributed by atoms with Gasteiger partial charge in [-0.3, -0.25) is 9.59 Å². The lowest BCUT2D eigenvalue weighted by molar-refractivity contribution is -0.144. The van der Waals surface area contributed by atoms with E-state index in [0.29, 0.717) is 0 Å². The molecule has 0 saturated heterocycles. The molecule has 1 heterocycles. The van der Waals surface area contributed by atoms with Crippen LogP contribution in [0.15, 0.2) is 11.5 Å². The Hall–Kier alpha value is -1.69. The monoisotopic (exact) mass is 294 g/mol. The average molecular weight is 294 g/mol. The average Bonchev–Trinajstić information content (AvgIpc) is 3.04. The zero-order chi connectivity index (χ0) is 14.5. The summed E-state index contributed by atoms with van der Waals surface area (Å²) in [5.41, 5.74) is 0.738. The molecule has 108 valence electrons. The highest BCUT2D eigenvalue weighted by Crippen LogP contribution is 2.23. The molecule has 5 nitrogen and oxygen atoms in total. The van der Waals surface area contributed by atoms with Gasteiger partial charge in [-0.2, -0.15) is 0 Å². The SMILES string of the molecule is Cc1nc(/C=C/C(=O)N(CC(=O)O)C2CCCC2)cs1. The van der Waals surface area contributed by atoms with Gasteiger partial charge < -0.3 is 10.0 Å². The number of amides is 1. The van der Waals surface area contributed by atoms with Gasteiger partial charge in [-0.1, -0.05) is 12.8 Å². The van der Waals surface area contributed by atoms with Crippen LogP contribution in [0.3, 0.4) is 0 Å². The van der Waals surface area contributed by atoms with Crippen LogP contribution in [0.2, 0.25) is 0 Å². The quantitative estimate of drug-likeness (QED) is 0.846. The van der Waals surface area contributed by atoms with Crippen molar-refractivity contribution in [3.05, 3.63) is 22.2 Å². The molecule has 1 amide bonds. The number of hydrogen-bond acceptors (Lipinski definition) is 4. The third-order valence-corrected chi connectivity index (χ3v) is 4.18. The summed E-state index contributed by atoms with van der Waals surface area (Å²) in [4.78, 5) is 28.8. The molecule has 0 aliphatic heterocycles. The van der Waals surface area contributed by atoms with Crippen LogP contribution >= 0.6 is 11.3 Å². The van der Waals surface area contributed by atoms with Gasteiger partial charge in [-0.15, -0.1) is 11.3 Å². The summed E-state index contributed by atoms with van der Waals surface area (Å²) in [7, 11) is 0. The second-order valence-corrected chi connectivity index (χ2v) is 5.99. The molecular weight excluding hydrogens is 276 g/mol. The molecule has 6 heteroatoms. The van der Waals surface area contributed by atoms with Crippen LogP contribution in [0.4, 0.5) is 0 Å². The van der Waals surface area contributed by atoms with Crippen molar-refractivity contribution >= 4 is 29.3 Å². The summed E-state index contributed by atoms with van der Waals surface area (Å²) in [6.07, 6.45) is 6.98. The highest BCUT2D eigenvalue weighted by molar-refractivity contribution is 7.09. The fourth-order valence-electron chi connectivity index (χ4n) is 2.46. The molecule has 0 unspecified atom stereocenters. The first-order chi connectivity index (χ1) is 9.56. The van der Waals surface area contributed by atoms with Gasteiger partial charge in [0.1, 0.15) is 6.54 Å². The number of carbonyl (C=O) groups is 2. The summed E-state index contributed by atoms with van der Waals surface area (Å²) in [6, 6.07) is 0.0559. The number of rotatable bonds is 5. The van der Waals surface area contributed by atoms with Crippen LogP contribution in [0.25, 0.3) is 6.08 Å². The molecule has 2 rings (SSSR count). The summed E-state index contributed by atoms with van der Waals surface area (Å²) >= 11 is 1.52. The second kappa shape index (κ2) is 6.65. The lowest BCUT2D eigenvalue weighted by Gasteiger charge is -2.26. The topological polar surface area (TPSA) is 70.5 Å². The van der Waals surface area contributed by atoms with Crippen molar-refractivity contribution in [1.82, 2.24) is 9.88 Å². The molecule has 0 aromatic carbocycles. The van der Waals surface area contributed by atoms with Crippen molar-refractivity contribution in [2.45, 2.75) is 38.6 Å². The number of carbonyl (C=O) groups excluding carboxylic acids is 1. The number of hydrogen-bond donors (Lipinski definition) is 1. The highest BCUT2D eigenvalue weighted by atomic mass is 32.1. The zero-order valence-electron chi connectivity index (χ0n) is 11.4. The fourth-order valence-corrected chi connectivity index (χ4v) is 3.04. The molecule has 1 aliphatic carbocycles. The number of carboxylic acids is 1. The minimum atomic E-state index is -0.969. The first-order valence-corrected chi connectivity index (χ1v) is 7.57. The van der Waals surface area contributed by atoms with Crippen LogP contribution < -0.4 is 0 Å². The molecule has 0 spiro atoms. The fraction of sp³-hybridized carbons (Fsp3) is 0.500. The molecule has 1 N–H and O–H groups in total. The van der Waals surface area contributed by atoms with Gasteiger partial charge in [-0.25, -0.2) is 4.98 Å². The van der Waals surface area contributed by atoms with Crippen molar-refractivity contribution in [3.8, 4) is 0 Å². The van der Waals surface area contributed by atoms with Gasteiger partial charge in [0.15, 0.2) is 0 Å². The lowest BCUT2D eigenvalue weighted by Crippen LogP contribution is -2.41. The number of carboxylic acid groups (broad SMARTS) is 1. The Morgan fingerprint density at radius 1 is 1.50 bits per heavy atom. The molecular formula is C14H18N2O3S. The number of aromatic nitrogens is 1. The van der Waals surface area contributed by atoms with Crippen LogP contribution in [0, 0.1) is 6.92 Å². The Kier molecular flexibility index (Phi) is 4.89. The lowest BCUT2D eigenvalue weighted by atomic mass is 10.2. The normalized spacial score (nSPS) is 15.8.